The van der Waals surface area contributed by atoms with Crippen molar-refractivity contribution in [2.45, 2.75) is 32.4 Å². The first-order valence-electron chi connectivity index (χ1n) is 7.01. The molecule has 0 saturated carbocycles. The van der Waals surface area contributed by atoms with Crippen LogP contribution in [0.2, 0.25) is 0 Å². The van der Waals surface area contributed by atoms with E-state index in [0.29, 0.717) is 24.8 Å². The number of nitrogens with zero attached hydrogens (tertiary/aromatic N) is 3. The SMILES string of the molecule is Cc1cccc(-c2nc(CN3CCC[C@H](O)C3)no2)c1. The van der Waals surface area contributed by atoms with Gasteiger partial charge in [0.1, 0.15) is 0 Å². The van der Waals surface area contributed by atoms with Gasteiger partial charge in [-0.3, -0.25) is 4.90 Å². The van der Waals surface area contributed by atoms with Crippen molar-refractivity contribution in [3.05, 3.63) is 35.7 Å². The number of piperidine rings is 1. The molecule has 0 amide bonds. The Morgan fingerprint density at radius 3 is 3.15 bits per heavy atom. The van der Waals surface area contributed by atoms with Gasteiger partial charge in [-0.05, 0) is 38.4 Å². The maximum Gasteiger partial charge on any atom is 0.257 e. The third kappa shape index (κ3) is 3.05. The van der Waals surface area contributed by atoms with E-state index in [1.807, 2.05) is 31.2 Å². The van der Waals surface area contributed by atoms with E-state index in [4.69, 9.17) is 4.52 Å². The minimum Gasteiger partial charge on any atom is -0.392 e. The molecule has 3 rings (SSSR count). The highest BCUT2D eigenvalue weighted by molar-refractivity contribution is 5.53. The van der Waals surface area contributed by atoms with Crippen LogP contribution in [0.25, 0.3) is 11.5 Å². The Labute approximate surface area is 118 Å². The fraction of sp³-hybridized carbons (Fsp3) is 0.467. The third-order valence-corrected chi connectivity index (χ3v) is 3.58. The standard InChI is InChI=1S/C15H19N3O2/c1-11-4-2-5-12(8-11)15-16-14(17-20-15)10-18-7-3-6-13(19)9-18/h2,4-5,8,13,19H,3,6-7,9-10H2,1H3/t13-/m0/s1. The molecule has 0 bridgehead atoms. The van der Waals surface area contributed by atoms with E-state index in [1.165, 1.54) is 5.56 Å². The van der Waals surface area contributed by atoms with Crippen LogP contribution in [0.3, 0.4) is 0 Å². The second-order valence-corrected chi connectivity index (χ2v) is 5.42. The van der Waals surface area contributed by atoms with Gasteiger partial charge >= 0.3 is 0 Å². The molecule has 0 radical (unpaired) electrons. The first-order valence-corrected chi connectivity index (χ1v) is 7.01. The van der Waals surface area contributed by atoms with Gasteiger partial charge in [0.15, 0.2) is 5.82 Å². The fourth-order valence-corrected chi connectivity index (χ4v) is 2.59. The second-order valence-electron chi connectivity index (χ2n) is 5.42. The van der Waals surface area contributed by atoms with Gasteiger partial charge in [-0.25, -0.2) is 0 Å². The number of aromatic nitrogens is 2. The first-order chi connectivity index (χ1) is 9.70. The summed E-state index contributed by atoms with van der Waals surface area (Å²) in [6, 6.07) is 8.02. The minimum absolute atomic E-state index is 0.230. The summed E-state index contributed by atoms with van der Waals surface area (Å²) in [6.45, 7) is 4.34. The molecule has 0 spiro atoms. The predicted molar refractivity (Wildman–Crippen MR) is 75.0 cm³/mol. The van der Waals surface area contributed by atoms with Gasteiger partial charge in [0, 0.05) is 12.1 Å². The van der Waals surface area contributed by atoms with E-state index < -0.39 is 0 Å². The summed E-state index contributed by atoms with van der Waals surface area (Å²) < 4.78 is 5.32. The van der Waals surface area contributed by atoms with E-state index in [9.17, 15) is 5.11 Å². The molecule has 2 aromatic rings. The first kappa shape index (κ1) is 13.3. The second kappa shape index (κ2) is 5.73. The van der Waals surface area contributed by atoms with Crippen LogP contribution in [0.15, 0.2) is 28.8 Å². The average molecular weight is 273 g/mol. The van der Waals surface area contributed by atoms with Crippen LogP contribution >= 0.6 is 0 Å². The van der Waals surface area contributed by atoms with Crippen LogP contribution in [0.4, 0.5) is 0 Å². The van der Waals surface area contributed by atoms with E-state index in [2.05, 4.69) is 15.0 Å². The Kier molecular flexibility index (Phi) is 3.80. The van der Waals surface area contributed by atoms with Gasteiger partial charge in [0.05, 0.1) is 12.6 Å². The number of benzene rings is 1. The van der Waals surface area contributed by atoms with Crippen molar-refractivity contribution < 1.29 is 9.63 Å². The highest BCUT2D eigenvalue weighted by Crippen LogP contribution is 2.19. The Morgan fingerprint density at radius 1 is 1.45 bits per heavy atom. The van der Waals surface area contributed by atoms with Gasteiger partial charge < -0.3 is 9.63 Å². The molecule has 5 nitrogen and oxygen atoms in total. The Morgan fingerprint density at radius 2 is 2.35 bits per heavy atom. The van der Waals surface area contributed by atoms with Crippen LogP contribution in [0, 0.1) is 6.92 Å². The molecule has 1 fully saturated rings. The molecule has 0 unspecified atom stereocenters. The molecule has 20 heavy (non-hydrogen) atoms. The molecule has 1 aromatic carbocycles. The van der Waals surface area contributed by atoms with Gasteiger partial charge in [-0.1, -0.05) is 22.9 Å². The summed E-state index contributed by atoms with van der Waals surface area (Å²) in [5.74, 6) is 1.23. The summed E-state index contributed by atoms with van der Waals surface area (Å²) >= 11 is 0. The highest BCUT2D eigenvalue weighted by atomic mass is 16.5. The Hall–Kier alpha value is -1.72. The lowest BCUT2D eigenvalue weighted by Crippen LogP contribution is -2.37. The smallest absolute Gasteiger partial charge is 0.257 e. The zero-order valence-corrected chi connectivity index (χ0v) is 11.6. The number of aliphatic hydroxyl groups excluding tert-OH is 1. The van der Waals surface area contributed by atoms with Gasteiger partial charge in [-0.2, -0.15) is 4.98 Å². The van der Waals surface area contributed by atoms with Crippen molar-refractivity contribution in [3.63, 3.8) is 0 Å². The number of hydrogen-bond donors (Lipinski definition) is 1. The van der Waals surface area contributed by atoms with Crippen LogP contribution in [0.1, 0.15) is 24.2 Å². The van der Waals surface area contributed by atoms with E-state index >= 15 is 0 Å². The van der Waals surface area contributed by atoms with E-state index in [1.54, 1.807) is 0 Å². The molecule has 1 aromatic heterocycles. The topological polar surface area (TPSA) is 62.4 Å². The largest absolute Gasteiger partial charge is 0.392 e. The molecular weight excluding hydrogens is 254 g/mol. The number of aliphatic hydroxyl groups is 1. The molecular formula is C15H19N3O2. The van der Waals surface area contributed by atoms with Crippen molar-refractivity contribution in [1.29, 1.82) is 0 Å². The van der Waals surface area contributed by atoms with Crippen LogP contribution < -0.4 is 0 Å². The number of hydrogen-bond acceptors (Lipinski definition) is 5. The van der Waals surface area contributed by atoms with Crippen LogP contribution in [0.5, 0.6) is 0 Å². The maximum absolute atomic E-state index is 9.67. The molecule has 1 N–H and O–H groups in total. The van der Waals surface area contributed by atoms with Crippen LogP contribution in [-0.2, 0) is 6.54 Å². The summed E-state index contributed by atoms with van der Waals surface area (Å²) in [6.07, 6.45) is 1.67. The van der Waals surface area contributed by atoms with E-state index in [-0.39, 0.29) is 6.10 Å². The molecule has 1 aliphatic heterocycles. The number of β-amino-alcohol motifs (C(OH)–C–C–N with tert-alkyl or cyclic N) is 1. The zero-order chi connectivity index (χ0) is 13.9. The highest BCUT2D eigenvalue weighted by Gasteiger charge is 2.19. The van der Waals surface area contributed by atoms with Gasteiger partial charge in [-0.15, -0.1) is 0 Å². The molecule has 1 atom stereocenters. The van der Waals surface area contributed by atoms with Crippen molar-refractivity contribution in [3.8, 4) is 11.5 Å². The summed E-state index contributed by atoms with van der Waals surface area (Å²) in [7, 11) is 0. The zero-order valence-electron chi connectivity index (χ0n) is 11.6. The summed E-state index contributed by atoms with van der Waals surface area (Å²) in [5, 5.41) is 13.7. The van der Waals surface area contributed by atoms with Crippen molar-refractivity contribution >= 4 is 0 Å². The molecule has 1 saturated heterocycles. The lowest BCUT2D eigenvalue weighted by molar-refractivity contribution is 0.0651. The van der Waals surface area contributed by atoms with Gasteiger partial charge in [0.2, 0.25) is 0 Å². The summed E-state index contributed by atoms with van der Waals surface area (Å²) in [4.78, 5) is 6.61. The number of likely N-dealkylation sites (tertiary alicyclic amines) is 1. The van der Waals surface area contributed by atoms with Crippen molar-refractivity contribution in [2.75, 3.05) is 13.1 Å². The molecule has 0 aliphatic carbocycles. The quantitative estimate of drug-likeness (QED) is 0.926. The molecule has 2 heterocycles. The monoisotopic (exact) mass is 273 g/mol. The van der Waals surface area contributed by atoms with Crippen molar-refractivity contribution in [2.24, 2.45) is 0 Å². The Bertz CT molecular complexity index is 582. The fourth-order valence-electron chi connectivity index (χ4n) is 2.59. The minimum atomic E-state index is -0.230. The number of rotatable bonds is 3. The average Bonchev–Trinajstić information content (AvgIpc) is 2.87. The van der Waals surface area contributed by atoms with Crippen molar-refractivity contribution in [1.82, 2.24) is 15.0 Å². The summed E-state index contributed by atoms with van der Waals surface area (Å²) in [5.41, 5.74) is 2.11. The predicted octanol–water partition coefficient (Wildman–Crippen LogP) is 2.00. The molecule has 5 heteroatoms. The van der Waals surface area contributed by atoms with Gasteiger partial charge in [0.25, 0.3) is 5.89 Å². The van der Waals surface area contributed by atoms with E-state index in [0.717, 1.165) is 24.9 Å². The number of aryl methyl sites for hydroxylation is 1. The third-order valence-electron chi connectivity index (χ3n) is 3.58. The van der Waals surface area contributed by atoms with Crippen LogP contribution in [-0.4, -0.2) is 39.3 Å². The Balaban J connectivity index is 1.70. The maximum atomic E-state index is 9.67. The normalized spacial score (nSPS) is 20.2. The lowest BCUT2D eigenvalue weighted by atomic mass is 10.1. The lowest BCUT2D eigenvalue weighted by Gasteiger charge is -2.28. The molecule has 106 valence electrons. The molecule has 1 aliphatic rings.